The van der Waals surface area contributed by atoms with Gasteiger partial charge in [-0.05, 0) is 241 Å². The smallest absolute Gasteiger partial charge is 0.233 e. The van der Waals surface area contributed by atoms with Crippen LogP contribution >= 0.6 is 58.0 Å². The van der Waals surface area contributed by atoms with E-state index in [1.54, 1.807) is 63.8 Å². The van der Waals surface area contributed by atoms with Gasteiger partial charge in [-0.15, -0.1) is 0 Å². The maximum Gasteiger partial charge on any atom is 0.233 e. The number of aliphatic hydroxyl groups is 3. The maximum absolute atomic E-state index is 8.96. The first-order valence-electron chi connectivity index (χ1n) is 33.0. The highest BCUT2D eigenvalue weighted by Gasteiger charge is 2.25. The summed E-state index contributed by atoms with van der Waals surface area (Å²) in [5, 5.41) is 50.3. The normalized spacial score (nSPS) is 13.8. The van der Waals surface area contributed by atoms with E-state index < -0.39 is 0 Å². The predicted molar refractivity (Wildman–Crippen MR) is 422 cm³/mol. The summed E-state index contributed by atoms with van der Waals surface area (Å²) in [7, 11) is 15.2. The summed E-state index contributed by atoms with van der Waals surface area (Å²) in [6.45, 7) is 9.57. The summed E-state index contributed by atoms with van der Waals surface area (Å²) in [4.78, 5) is 48.2. The zero-order valence-electron chi connectivity index (χ0n) is 57.4. The number of nitrogens with zero attached hydrogens (tertiary/aromatic N) is 13. The minimum atomic E-state index is 0. The molecule has 3 aromatic heterocycles. The number of ether oxygens (including phenoxy) is 3. The van der Waals surface area contributed by atoms with Crippen molar-refractivity contribution in [3.8, 4) is 17.2 Å². The molecule has 0 saturated carbocycles. The van der Waals surface area contributed by atoms with Gasteiger partial charge < -0.3 is 92.1 Å². The summed E-state index contributed by atoms with van der Waals surface area (Å²) in [6.07, 6.45) is 15.2. The minimum absolute atomic E-state index is 0. The lowest BCUT2D eigenvalue weighted by Gasteiger charge is -2.35. The van der Waals surface area contributed by atoms with E-state index >= 15 is 0 Å². The average molecular weight is 1520 g/mol. The summed E-state index contributed by atoms with van der Waals surface area (Å²) in [6, 6.07) is 17.6. The van der Waals surface area contributed by atoms with E-state index in [1.165, 1.54) is 25.9 Å². The third-order valence-corrected chi connectivity index (χ3v) is 17.2. The van der Waals surface area contributed by atoms with E-state index in [4.69, 9.17) is 93.3 Å². The van der Waals surface area contributed by atoms with Gasteiger partial charge in [-0.2, -0.15) is 44.9 Å². The third-order valence-electron chi connectivity index (χ3n) is 16.0. The number of anilines is 10. The fourth-order valence-corrected chi connectivity index (χ4v) is 11.3. The van der Waals surface area contributed by atoms with Crippen molar-refractivity contribution < 1.29 is 29.5 Å². The number of likely N-dealkylation sites (tertiary alicyclic amines) is 2. The number of unbranched alkanes of at least 4 members (excludes halogenated alkanes) is 6. The Balaban J connectivity index is 0.000000684. The number of aromatic nitrogens is 9. The summed E-state index contributed by atoms with van der Waals surface area (Å²) in [5.74, 6) is 5.25. The molecule has 0 spiro atoms. The molecular formula is C69H118Cl5N21O6. The van der Waals surface area contributed by atoms with Crippen LogP contribution < -0.4 is 67.0 Å². The number of hydrogen-bond donors (Lipinski definition) is 11. The molecule has 0 amide bonds. The van der Waals surface area contributed by atoms with Crippen molar-refractivity contribution in [2.24, 2.45) is 5.73 Å². The first-order valence-corrected chi connectivity index (χ1v) is 34.9. The van der Waals surface area contributed by atoms with E-state index in [0.717, 1.165) is 147 Å². The van der Waals surface area contributed by atoms with Gasteiger partial charge in [-0.1, -0.05) is 64.5 Å². The fraction of sp³-hybridized carbons (Fsp3) is 0.609. The fourth-order valence-electron chi connectivity index (χ4n) is 10.2. The Labute approximate surface area is 627 Å². The van der Waals surface area contributed by atoms with Gasteiger partial charge in [-0.25, -0.2) is 0 Å². The molecule has 0 aliphatic carbocycles. The van der Waals surface area contributed by atoms with Gasteiger partial charge in [0.25, 0.3) is 0 Å². The summed E-state index contributed by atoms with van der Waals surface area (Å²) < 4.78 is 15.5. The monoisotopic (exact) mass is 1510 g/mol. The molecule has 27 nitrogen and oxygen atoms in total. The summed E-state index contributed by atoms with van der Waals surface area (Å²) in [5.41, 5.74) is 7.40. The van der Waals surface area contributed by atoms with Crippen molar-refractivity contribution in [2.45, 2.75) is 144 Å². The van der Waals surface area contributed by atoms with E-state index in [9.17, 15) is 0 Å². The Morgan fingerprint density at radius 1 is 0.475 bits per heavy atom. The molecule has 6 aromatic rings. The second kappa shape index (κ2) is 52.7. The van der Waals surface area contributed by atoms with Crippen molar-refractivity contribution in [1.29, 1.82) is 0 Å². The maximum atomic E-state index is 8.96. The second-order valence-electron chi connectivity index (χ2n) is 23.3. The van der Waals surface area contributed by atoms with E-state index in [1.807, 2.05) is 26.2 Å². The first kappa shape index (κ1) is 92.8. The predicted octanol–water partition coefficient (Wildman–Crippen LogP) is 13.0. The SMILES string of the molecule is C.C.C.C.CNC1CCN(C)CC1.COc1ccc(Nc2nc(Cl)nc(Cl)n2)cc1Cl.COc1ccc(Nc2nc(NCCCCCO)nc(N(C)C3CCN(C)CC3)n2)cc1Cl.COc1ccc(Nc2nc(NCCCCCO)nc(N(C)C3CCNCC3)n2)cc1Cl.NCCCCCO. The second-order valence-corrected chi connectivity index (χ2v) is 25.2. The zero-order valence-corrected chi connectivity index (χ0v) is 61.1. The minimum Gasteiger partial charge on any atom is -0.495 e. The Hall–Kier alpha value is -6.18. The molecule has 101 heavy (non-hydrogen) atoms. The lowest BCUT2D eigenvalue weighted by molar-refractivity contribution is 0.240. The quantitative estimate of drug-likeness (QED) is 0.0187. The van der Waals surface area contributed by atoms with Crippen LogP contribution in [0.2, 0.25) is 25.6 Å². The van der Waals surface area contributed by atoms with E-state index in [0.29, 0.717) is 92.4 Å². The van der Waals surface area contributed by atoms with Crippen LogP contribution in [0.5, 0.6) is 17.2 Å². The van der Waals surface area contributed by atoms with Crippen LogP contribution in [0.1, 0.15) is 126 Å². The van der Waals surface area contributed by atoms with Crippen molar-refractivity contribution in [1.82, 2.24) is 65.3 Å². The average Bonchev–Trinajstić information content (AvgIpc) is 0.830. The summed E-state index contributed by atoms with van der Waals surface area (Å²) >= 11 is 29.8. The molecule has 32 heteroatoms. The van der Waals surface area contributed by atoms with Crippen LogP contribution in [-0.4, -0.2) is 223 Å². The lowest BCUT2D eigenvalue weighted by atomic mass is 10.0. The van der Waals surface area contributed by atoms with E-state index in [-0.39, 0.29) is 59.4 Å². The number of piperidine rings is 3. The Kier molecular flexibility index (Phi) is 48.5. The van der Waals surface area contributed by atoms with Crippen LogP contribution in [0.25, 0.3) is 0 Å². The highest BCUT2D eigenvalue weighted by atomic mass is 35.5. The lowest BCUT2D eigenvalue weighted by Crippen LogP contribution is -2.42. The molecule has 0 radical (unpaired) electrons. The molecule has 3 aliphatic heterocycles. The van der Waals surface area contributed by atoms with Gasteiger partial charge in [0.2, 0.25) is 52.2 Å². The third kappa shape index (κ3) is 34.8. The number of nitrogens with two attached hydrogens (primary N) is 1. The van der Waals surface area contributed by atoms with Gasteiger partial charge in [0, 0.05) is 82.2 Å². The number of hydrogen-bond acceptors (Lipinski definition) is 27. The Morgan fingerprint density at radius 3 is 1.17 bits per heavy atom. The van der Waals surface area contributed by atoms with Gasteiger partial charge in [0.05, 0.1) is 36.4 Å². The molecule has 570 valence electrons. The molecule has 6 heterocycles. The molecule has 0 bridgehead atoms. The topological polar surface area (TPSA) is 328 Å². The van der Waals surface area contributed by atoms with Crippen LogP contribution in [0.15, 0.2) is 54.6 Å². The van der Waals surface area contributed by atoms with Crippen molar-refractivity contribution >= 4 is 117 Å². The first-order chi connectivity index (χ1) is 46.9. The van der Waals surface area contributed by atoms with E-state index in [2.05, 4.69) is 123 Å². The highest BCUT2D eigenvalue weighted by molar-refractivity contribution is 6.33. The van der Waals surface area contributed by atoms with Crippen molar-refractivity contribution in [2.75, 3.05) is 172 Å². The van der Waals surface area contributed by atoms with Gasteiger partial charge in [0.1, 0.15) is 17.2 Å². The van der Waals surface area contributed by atoms with Crippen molar-refractivity contribution in [3.05, 3.63) is 80.2 Å². The molecule has 3 saturated heterocycles. The van der Waals surface area contributed by atoms with Gasteiger partial charge >= 0.3 is 0 Å². The number of methoxy groups -OCH3 is 3. The standard InChI is InChI=1S/C22H34ClN7O2.C21H32ClN7O2.C10H7Cl3N4O.C7H16N2.C5H13NO.4CH4/c1-29-12-9-17(10-13-29)30(2)22-27-20(24-11-5-4-6-14-31)26-21(28-22)25-16-7-8-19(32-3)18(23)15-16;1-29(16-8-11-23-12-9-16)21-27-19(24-10-4-3-5-13-30)26-20(28-21)25-15-6-7-18(31-2)17(22)14-15;1-18-7-3-2-5(4-6(7)11)14-10-16-8(12)15-9(13)17-10;1-8-7-3-5-9(2)6-4-7;6-4-2-1-3-5-7;;;;/h7-8,15,17,31H,4-6,9-14H2,1-3H3,(H2,24,25,26,27,28);6-7,14,16,23,30H,3-5,8-13H2,1-2H3,(H2,24,25,26,27,28);2-4H,1H3,(H,14,15,16,17);7-8H,3-6H2,1-2H3;7H,1-6H2;4*1H4. The molecular weight excluding hydrogens is 1400 g/mol. The Bertz CT molecular complexity index is 3150. The van der Waals surface area contributed by atoms with Crippen LogP contribution in [0, 0.1) is 0 Å². The molecule has 3 fully saturated rings. The van der Waals surface area contributed by atoms with Crippen LogP contribution in [0.4, 0.5) is 58.7 Å². The van der Waals surface area contributed by atoms with Crippen LogP contribution in [-0.2, 0) is 0 Å². The molecule has 12 N–H and O–H groups in total. The number of benzene rings is 3. The van der Waals surface area contributed by atoms with Crippen molar-refractivity contribution in [3.63, 3.8) is 0 Å². The van der Waals surface area contributed by atoms with Gasteiger partial charge in [-0.3, -0.25) is 0 Å². The largest absolute Gasteiger partial charge is 0.495 e. The number of nitrogens with one attached hydrogen (secondary N) is 7. The number of halogens is 5. The molecule has 0 unspecified atom stereocenters. The Morgan fingerprint density at radius 2 is 0.822 bits per heavy atom. The van der Waals surface area contributed by atoms with Crippen LogP contribution in [0.3, 0.4) is 0 Å². The van der Waals surface area contributed by atoms with Gasteiger partial charge in [0.15, 0.2) is 0 Å². The molecule has 3 aliphatic rings. The molecule has 0 atom stereocenters. The number of aliphatic hydroxyl groups excluding tert-OH is 3. The molecule has 3 aromatic carbocycles. The highest BCUT2D eigenvalue weighted by Crippen LogP contribution is 2.32. The molecule has 9 rings (SSSR count). The number of rotatable bonds is 30. The zero-order chi connectivity index (χ0) is 70.3.